The van der Waals surface area contributed by atoms with Gasteiger partial charge in [0.05, 0.1) is 10.7 Å². The molecule has 17 heavy (non-hydrogen) atoms. The first kappa shape index (κ1) is 11.5. The van der Waals surface area contributed by atoms with Crippen LogP contribution >= 0.6 is 11.8 Å². The van der Waals surface area contributed by atoms with Gasteiger partial charge < -0.3 is 5.11 Å². The van der Waals surface area contributed by atoms with E-state index >= 15 is 0 Å². The van der Waals surface area contributed by atoms with Crippen LogP contribution in [0.25, 0.3) is 0 Å². The van der Waals surface area contributed by atoms with Crippen molar-refractivity contribution in [3.05, 3.63) is 48.2 Å². The standard InChI is InChI=1S/C11H9N3O2S/c15-11(16)9-3-1-2-8(14-9)6-17-10-4-5-12-7-13-10/h1-5,7H,6H2,(H,15,16). The minimum absolute atomic E-state index is 0.0609. The fourth-order valence-electron chi connectivity index (χ4n) is 1.19. The van der Waals surface area contributed by atoms with Gasteiger partial charge in [0.25, 0.3) is 0 Å². The Hall–Kier alpha value is -1.95. The second-order valence-corrected chi connectivity index (χ2v) is 4.15. The number of aromatic nitrogens is 3. The zero-order chi connectivity index (χ0) is 12.1. The lowest BCUT2D eigenvalue weighted by Crippen LogP contribution is -2.01. The smallest absolute Gasteiger partial charge is 0.354 e. The summed E-state index contributed by atoms with van der Waals surface area (Å²) in [5.74, 6) is -0.433. The van der Waals surface area contributed by atoms with E-state index in [0.717, 1.165) is 5.03 Å². The molecule has 0 aliphatic carbocycles. The van der Waals surface area contributed by atoms with E-state index in [0.29, 0.717) is 11.4 Å². The Labute approximate surface area is 102 Å². The van der Waals surface area contributed by atoms with Gasteiger partial charge in [0.15, 0.2) is 0 Å². The van der Waals surface area contributed by atoms with E-state index in [1.54, 1.807) is 24.4 Å². The van der Waals surface area contributed by atoms with Gasteiger partial charge in [-0.15, -0.1) is 0 Å². The molecule has 0 saturated heterocycles. The van der Waals surface area contributed by atoms with Crippen LogP contribution in [0.15, 0.2) is 41.8 Å². The van der Waals surface area contributed by atoms with Crippen LogP contribution in [-0.2, 0) is 5.75 Å². The summed E-state index contributed by atoms with van der Waals surface area (Å²) in [5, 5.41) is 9.64. The molecule has 6 heteroatoms. The normalized spacial score (nSPS) is 10.1. The van der Waals surface area contributed by atoms with Crippen molar-refractivity contribution in [2.75, 3.05) is 0 Å². The SMILES string of the molecule is O=C(O)c1cccc(CSc2ccncn2)n1. The molecule has 0 amide bonds. The molecule has 0 unspecified atom stereocenters. The zero-order valence-corrected chi connectivity index (χ0v) is 9.59. The molecule has 0 aliphatic rings. The molecule has 0 fully saturated rings. The number of thioether (sulfide) groups is 1. The predicted octanol–water partition coefficient (Wildman–Crippen LogP) is 1.86. The number of hydrogen-bond acceptors (Lipinski definition) is 5. The molecule has 86 valence electrons. The molecule has 0 aliphatic heterocycles. The molecule has 2 heterocycles. The number of pyridine rings is 1. The maximum absolute atomic E-state index is 10.7. The van der Waals surface area contributed by atoms with Crippen LogP contribution in [0.1, 0.15) is 16.2 Å². The van der Waals surface area contributed by atoms with Crippen molar-refractivity contribution in [3.63, 3.8) is 0 Å². The van der Waals surface area contributed by atoms with E-state index in [4.69, 9.17) is 5.11 Å². The van der Waals surface area contributed by atoms with Crippen LogP contribution in [-0.4, -0.2) is 26.0 Å². The van der Waals surface area contributed by atoms with Crippen LogP contribution < -0.4 is 0 Å². The van der Waals surface area contributed by atoms with E-state index < -0.39 is 5.97 Å². The predicted molar refractivity (Wildman–Crippen MR) is 62.8 cm³/mol. The number of carbonyl (C=O) groups is 1. The van der Waals surface area contributed by atoms with Crippen LogP contribution in [0.2, 0.25) is 0 Å². The van der Waals surface area contributed by atoms with Gasteiger partial charge in [-0.05, 0) is 18.2 Å². The average Bonchev–Trinajstić information content (AvgIpc) is 2.38. The van der Waals surface area contributed by atoms with E-state index in [1.165, 1.54) is 24.2 Å². The Morgan fingerprint density at radius 3 is 2.94 bits per heavy atom. The molecule has 2 rings (SSSR count). The number of aromatic carboxylic acids is 1. The Morgan fingerprint density at radius 1 is 1.35 bits per heavy atom. The number of carboxylic acid groups (broad SMARTS) is 1. The minimum atomic E-state index is -1.01. The highest BCUT2D eigenvalue weighted by atomic mass is 32.2. The van der Waals surface area contributed by atoms with Gasteiger partial charge in [-0.2, -0.15) is 0 Å². The summed E-state index contributed by atoms with van der Waals surface area (Å²) in [7, 11) is 0. The number of hydrogen-bond donors (Lipinski definition) is 1. The first-order valence-corrected chi connectivity index (χ1v) is 5.82. The van der Waals surface area contributed by atoms with Gasteiger partial charge in [0.1, 0.15) is 12.0 Å². The third kappa shape index (κ3) is 3.25. The van der Waals surface area contributed by atoms with Crippen molar-refractivity contribution >= 4 is 17.7 Å². The highest BCUT2D eigenvalue weighted by Gasteiger charge is 2.05. The molecule has 2 aromatic heterocycles. The molecule has 2 aromatic rings. The molecule has 5 nitrogen and oxygen atoms in total. The first-order valence-electron chi connectivity index (χ1n) is 4.84. The largest absolute Gasteiger partial charge is 0.477 e. The van der Waals surface area contributed by atoms with Crippen molar-refractivity contribution < 1.29 is 9.90 Å². The third-order valence-corrected chi connectivity index (χ3v) is 2.93. The Morgan fingerprint density at radius 2 is 2.24 bits per heavy atom. The van der Waals surface area contributed by atoms with E-state index in [9.17, 15) is 4.79 Å². The summed E-state index contributed by atoms with van der Waals surface area (Å²) in [6, 6.07) is 6.75. The first-order chi connectivity index (χ1) is 8.25. The summed E-state index contributed by atoms with van der Waals surface area (Å²) in [4.78, 5) is 22.6. The van der Waals surface area contributed by atoms with Crippen LogP contribution in [0, 0.1) is 0 Å². The Kier molecular flexibility index (Phi) is 3.66. The van der Waals surface area contributed by atoms with Crippen molar-refractivity contribution in [2.45, 2.75) is 10.8 Å². The summed E-state index contributed by atoms with van der Waals surface area (Å²) >= 11 is 1.49. The second-order valence-electron chi connectivity index (χ2n) is 3.16. The lowest BCUT2D eigenvalue weighted by atomic mass is 10.3. The zero-order valence-electron chi connectivity index (χ0n) is 8.78. The molecule has 0 atom stereocenters. The number of carboxylic acids is 1. The molecule has 0 aromatic carbocycles. The Balaban J connectivity index is 2.04. The van der Waals surface area contributed by atoms with E-state index in [2.05, 4.69) is 15.0 Å². The summed E-state index contributed by atoms with van der Waals surface area (Å²) in [6.07, 6.45) is 3.14. The number of rotatable bonds is 4. The fraction of sp³-hybridized carbons (Fsp3) is 0.0909. The summed E-state index contributed by atoms with van der Waals surface area (Å²) in [5.41, 5.74) is 0.777. The summed E-state index contributed by atoms with van der Waals surface area (Å²) in [6.45, 7) is 0. The van der Waals surface area contributed by atoms with Crippen molar-refractivity contribution in [1.29, 1.82) is 0 Å². The molecule has 0 saturated carbocycles. The maximum atomic E-state index is 10.7. The molecule has 0 spiro atoms. The highest BCUT2D eigenvalue weighted by molar-refractivity contribution is 7.98. The summed E-state index contributed by atoms with van der Waals surface area (Å²) < 4.78 is 0. The minimum Gasteiger partial charge on any atom is -0.477 e. The second kappa shape index (κ2) is 5.40. The molecule has 0 bridgehead atoms. The van der Waals surface area contributed by atoms with Gasteiger partial charge in [-0.25, -0.2) is 19.7 Å². The van der Waals surface area contributed by atoms with Gasteiger partial charge in [-0.1, -0.05) is 17.8 Å². The van der Waals surface area contributed by atoms with Gasteiger partial charge in [-0.3, -0.25) is 0 Å². The van der Waals surface area contributed by atoms with Crippen molar-refractivity contribution in [3.8, 4) is 0 Å². The maximum Gasteiger partial charge on any atom is 0.354 e. The van der Waals surface area contributed by atoms with Crippen LogP contribution in [0.3, 0.4) is 0 Å². The average molecular weight is 247 g/mol. The van der Waals surface area contributed by atoms with Crippen molar-refractivity contribution in [2.24, 2.45) is 0 Å². The van der Waals surface area contributed by atoms with E-state index in [-0.39, 0.29) is 5.69 Å². The van der Waals surface area contributed by atoms with Crippen LogP contribution in [0.4, 0.5) is 0 Å². The van der Waals surface area contributed by atoms with Crippen LogP contribution in [0.5, 0.6) is 0 Å². The van der Waals surface area contributed by atoms with Gasteiger partial charge >= 0.3 is 5.97 Å². The fourth-order valence-corrected chi connectivity index (χ4v) is 1.93. The molecule has 0 radical (unpaired) electrons. The topological polar surface area (TPSA) is 76.0 Å². The quantitative estimate of drug-likeness (QED) is 0.656. The molecule has 1 N–H and O–H groups in total. The van der Waals surface area contributed by atoms with E-state index in [1.807, 2.05) is 0 Å². The monoisotopic (exact) mass is 247 g/mol. The van der Waals surface area contributed by atoms with Gasteiger partial charge in [0.2, 0.25) is 0 Å². The Bertz CT molecular complexity index is 519. The lowest BCUT2D eigenvalue weighted by molar-refractivity contribution is 0.0690. The number of nitrogens with zero attached hydrogens (tertiary/aromatic N) is 3. The molecular weight excluding hydrogens is 238 g/mol. The lowest BCUT2D eigenvalue weighted by Gasteiger charge is -2.01. The molecular formula is C11H9N3O2S. The highest BCUT2D eigenvalue weighted by Crippen LogP contribution is 2.18. The third-order valence-electron chi connectivity index (χ3n) is 1.95. The van der Waals surface area contributed by atoms with Gasteiger partial charge in [0, 0.05) is 11.9 Å². The van der Waals surface area contributed by atoms with Crippen molar-refractivity contribution in [1.82, 2.24) is 15.0 Å².